The Bertz CT molecular complexity index is 235. The van der Waals surface area contributed by atoms with E-state index in [0.717, 1.165) is 39.0 Å². The van der Waals surface area contributed by atoms with Gasteiger partial charge >= 0.3 is 0 Å². The van der Waals surface area contributed by atoms with Crippen molar-refractivity contribution in [2.75, 3.05) is 33.4 Å². The monoisotopic (exact) mass is 288 g/mol. The van der Waals surface area contributed by atoms with Crippen molar-refractivity contribution >= 4 is 0 Å². The molecule has 0 heterocycles. The molecule has 0 fully saturated rings. The molecule has 20 heavy (non-hydrogen) atoms. The summed E-state index contributed by atoms with van der Waals surface area (Å²) in [6, 6.07) is 1.01. The molecule has 0 bridgehead atoms. The largest absolute Gasteiger partial charge is 0.394 e. The summed E-state index contributed by atoms with van der Waals surface area (Å²) in [5, 5.41) is 13.1. The molecule has 4 nitrogen and oxygen atoms in total. The van der Waals surface area contributed by atoms with Crippen molar-refractivity contribution in [1.82, 2.24) is 10.2 Å². The first-order valence-electron chi connectivity index (χ1n) is 8.08. The third-order valence-electron chi connectivity index (χ3n) is 4.23. The molecule has 0 aromatic rings. The van der Waals surface area contributed by atoms with Gasteiger partial charge in [0, 0.05) is 31.3 Å². The number of ether oxygens (including phenoxy) is 1. The van der Waals surface area contributed by atoms with Crippen LogP contribution in [0.4, 0.5) is 0 Å². The first-order chi connectivity index (χ1) is 9.47. The Morgan fingerprint density at radius 2 is 1.85 bits per heavy atom. The number of nitrogens with zero attached hydrogens (tertiary/aromatic N) is 1. The number of likely N-dealkylation sites (N-methyl/N-ethyl adjacent to an activating group) is 1. The Morgan fingerprint density at radius 3 is 2.25 bits per heavy atom. The van der Waals surface area contributed by atoms with Crippen molar-refractivity contribution in [3.05, 3.63) is 0 Å². The third kappa shape index (κ3) is 6.53. The topological polar surface area (TPSA) is 44.7 Å². The Labute approximate surface area is 125 Å². The van der Waals surface area contributed by atoms with E-state index in [2.05, 4.69) is 44.8 Å². The zero-order chi connectivity index (χ0) is 15.6. The van der Waals surface area contributed by atoms with Crippen LogP contribution < -0.4 is 5.32 Å². The molecule has 0 amide bonds. The molecule has 0 spiro atoms. The van der Waals surface area contributed by atoms with Gasteiger partial charge in [-0.3, -0.25) is 4.90 Å². The maximum absolute atomic E-state index is 9.67. The zero-order valence-corrected chi connectivity index (χ0v) is 14.4. The predicted molar refractivity (Wildman–Crippen MR) is 86.2 cm³/mol. The van der Waals surface area contributed by atoms with Gasteiger partial charge in [-0.1, -0.05) is 20.8 Å². The van der Waals surface area contributed by atoms with Gasteiger partial charge in [-0.15, -0.1) is 0 Å². The fourth-order valence-corrected chi connectivity index (χ4v) is 3.11. The normalized spacial score (nSPS) is 16.6. The van der Waals surface area contributed by atoms with E-state index in [9.17, 15) is 5.11 Å². The second-order valence-electron chi connectivity index (χ2n) is 6.00. The Balaban J connectivity index is 4.78. The van der Waals surface area contributed by atoms with Crippen LogP contribution in [0, 0.1) is 0 Å². The van der Waals surface area contributed by atoms with Crippen LogP contribution in [0.5, 0.6) is 0 Å². The quantitative estimate of drug-likeness (QED) is 0.578. The molecule has 0 aliphatic rings. The maximum atomic E-state index is 9.67. The van der Waals surface area contributed by atoms with Crippen molar-refractivity contribution in [1.29, 1.82) is 0 Å². The standard InChI is InChI=1S/C16H36N2O2/c1-7-15(8-2)18(10-11-20-6)14(4)12-16(5,13-19)17-9-3/h14-15,17,19H,7-13H2,1-6H3. The predicted octanol–water partition coefficient (Wildman–Crippen LogP) is 2.26. The summed E-state index contributed by atoms with van der Waals surface area (Å²) in [7, 11) is 1.76. The summed E-state index contributed by atoms with van der Waals surface area (Å²) < 4.78 is 5.26. The summed E-state index contributed by atoms with van der Waals surface area (Å²) in [5.41, 5.74) is -0.203. The Hall–Kier alpha value is -0.160. The van der Waals surface area contributed by atoms with Gasteiger partial charge in [-0.25, -0.2) is 0 Å². The Kier molecular flexibility index (Phi) is 10.5. The molecule has 122 valence electrons. The van der Waals surface area contributed by atoms with Gasteiger partial charge in [-0.05, 0) is 39.7 Å². The number of nitrogens with one attached hydrogen (secondary N) is 1. The average Bonchev–Trinajstić information content (AvgIpc) is 2.43. The number of aliphatic hydroxyl groups excluding tert-OH is 1. The minimum Gasteiger partial charge on any atom is -0.394 e. The van der Waals surface area contributed by atoms with Gasteiger partial charge in [0.1, 0.15) is 0 Å². The number of aliphatic hydroxyl groups is 1. The fourth-order valence-electron chi connectivity index (χ4n) is 3.11. The van der Waals surface area contributed by atoms with Crippen LogP contribution in [0.2, 0.25) is 0 Å². The van der Waals surface area contributed by atoms with Crippen LogP contribution in [-0.2, 0) is 4.74 Å². The van der Waals surface area contributed by atoms with E-state index in [-0.39, 0.29) is 12.1 Å². The fraction of sp³-hybridized carbons (Fsp3) is 1.00. The third-order valence-corrected chi connectivity index (χ3v) is 4.23. The van der Waals surface area contributed by atoms with Gasteiger partial charge in [0.05, 0.1) is 13.2 Å². The zero-order valence-electron chi connectivity index (χ0n) is 14.4. The highest BCUT2D eigenvalue weighted by atomic mass is 16.5. The van der Waals surface area contributed by atoms with Crippen molar-refractivity contribution in [3.63, 3.8) is 0 Å². The van der Waals surface area contributed by atoms with Crippen molar-refractivity contribution in [3.8, 4) is 0 Å². The van der Waals surface area contributed by atoms with E-state index in [1.165, 1.54) is 0 Å². The van der Waals surface area contributed by atoms with Gasteiger partial charge in [0.15, 0.2) is 0 Å². The van der Waals surface area contributed by atoms with Crippen molar-refractivity contribution in [2.45, 2.75) is 71.5 Å². The number of hydrogen-bond donors (Lipinski definition) is 2. The van der Waals surface area contributed by atoms with Crippen LogP contribution in [0.15, 0.2) is 0 Å². The second kappa shape index (κ2) is 10.6. The molecule has 0 aromatic carbocycles. The molecular formula is C16H36N2O2. The van der Waals surface area contributed by atoms with Crippen molar-refractivity contribution in [2.24, 2.45) is 0 Å². The van der Waals surface area contributed by atoms with E-state index in [1.807, 2.05) is 0 Å². The number of hydrogen-bond acceptors (Lipinski definition) is 4. The molecule has 0 aliphatic heterocycles. The first-order valence-corrected chi connectivity index (χ1v) is 8.08. The summed E-state index contributed by atoms with van der Waals surface area (Å²) in [4.78, 5) is 2.54. The second-order valence-corrected chi connectivity index (χ2v) is 6.00. The van der Waals surface area contributed by atoms with Crippen LogP contribution in [0.3, 0.4) is 0 Å². The number of rotatable bonds is 12. The van der Waals surface area contributed by atoms with Crippen LogP contribution in [-0.4, -0.2) is 61.0 Å². The average molecular weight is 288 g/mol. The van der Waals surface area contributed by atoms with Crippen molar-refractivity contribution < 1.29 is 9.84 Å². The lowest BCUT2D eigenvalue weighted by Crippen LogP contribution is -2.52. The van der Waals surface area contributed by atoms with Crippen LogP contribution >= 0.6 is 0 Å². The molecule has 0 rings (SSSR count). The van der Waals surface area contributed by atoms with E-state index < -0.39 is 0 Å². The summed E-state index contributed by atoms with van der Waals surface area (Å²) in [5.74, 6) is 0. The molecule has 2 unspecified atom stereocenters. The highest BCUT2D eigenvalue weighted by Crippen LogP contribution is 2.20. The lowest BCUT2D eigenvalue weighted by atomic mass is 9.92. The van der Waals surface area contributed by atoms with Gasteiger partial charge in [-0.2, -0.15) is 0 Å². The molecular weight excluding hydrogens is 252 g/mol. The summed E-state index contributed by atoms with van der Waals surface area (Å²) in [6.45, 7) is 13.7. The van der Waals surface area contributed by atoms with Gasteiger partial charge in [0.2, 0.25) is 0 Å². The molecule has 2 N–H and O–H groups in total. The van der Waals surface area contributed by atoms with Crippen LogP contribution in [0.1, 0.15) is 53.9 Å². The minimum absolute atomic E-state index is 0.173. The van der Waals surface area contributed by atoms with Crippen LogP contribution in [0.25, 0.3) is 0 Å². The lowest BCUT2D eigenvalue weighted by molar-refractivity contribution is 0.0588. The number of methoxy groups -OCH3 is 1. The van der Waals surface area contributed by atoms with E-state index in [0.29, 0.717) is 12.1 Å². The smallest absolute Gasteiger partial charge is 0.0611 e. The highest BCUT2D eigenvalue weighted by Gasteiger charge is 2.29. The SMILES string of the molecule is CCNC(C)(CO)CC(C)N(CCOC)C(CC)CC. The molecule has 0 saturated carbocycles. The van der Waals surface area contributed by atoms with E-state index >= 15 is 0 Å². The Morgan fingerprint density at radius 1 is 1.25 bits per heavy atom. The summed E-state index contributed by atoms with van der Waals surface area (Å²) >= 11 is 0. The van der Waals surface area contributed by atoms with Gasteiger partial charge < -0.3 is 15.2 Å². The summed E-state index contributed by atoms with van der Waals surface area (Å²) in [6.07, 6.45) is 3.25. The van der Waals surface area contributed by atoms with Gasteiger partial charge in [0.25, 0.3) is 0 Å². The first kappa shape index (κ1) is 19.8. The molecule has 4 heteroatoms. The lowest BCUT2D eigenvalue weighted by Gasteiger charge is -2.40. The maximum Gasteiger partial charge on any atom is 0.0611 e. The van der Waals surface area contributed by atoms with E-state index in [1.54, 1.807) is 7.11 Å². The molecule has 0 aliphatic carbocycles. The minimum atomic E-state index is -0.203. The molecule has 0 radical (unpaired) electrons. The van der Waals surface area contributed by atoms with E-state index in [4.69, 9.17) is 4.74 Å². The molecule has 2 atom stereocenters. The molecule has 0 saturated heterocycles. The highest BCUT2D eigenvalue weighted by molar-refractivity contribution is 4.88. The molecule has 0 aromatic heterocycles.